The second-order valence-corrected chi connectivity index (χ2v) is 10.2. The van der Waals surface area contributed by atoms with Gasteiger partial charge < -0.3 is 25.5 Å². The van der Waals surface area contributed by atoms with Gasteiger partial charge in [-0.15, -0.1) is 12.4 Å². The molecule has 1 aliphatic rings. The van der Waals surface area contributed by atoms with Crippen LogP contribution in [0.5, 0.6) is 0 Å². The number of carbonyl (C=O) groups excluding carboxylic acids is 1. The highest BCUT2D eigenvalue weighted by Crippen LogP contribution is 2.35. The van der Waals surface area contributed by atoms with E-state index in [0.29, 0.717) is 30.7 Å². The van der Waals surface area contributed by atoms with Crippen molar-refractivity contribution in [1.29, 1.82) is 0 Å². The SMILES string of the molecule is COCCCc1c[nH]c2ccc(C(C)C(CC(N)C(O)CN3CCCCC3=O)C(C)C)cc12.Cl. The summed E-state index contributed by atoms with van der Waals surface area (Å²) in [5.74, 6) is 1.21. The zero-order valence-electron chi connectivity index (χ0n) is 21.3. The van der Waals surface area contributed by atoms with Crippen molar-refractivity contribution in [3.63, 3.8) is 0 Å². The van der Waals surface area contributed by atoms with Gasteiger partial charge in [0.25, 0.3) is 0 Å². The van der Waals surface area contributed by atoms with Crippen LogP contribution in [-0.4, -0.2) is 59.8 Å². The number of aliphatic hydroxyl groups excluding tert-OH is 1. The number of rotatable bonds is 12. The second-order valence-electron chi connectivity index (χ2n) is 10.2. The average molecular weight is 494 g/mol. The zero-order chi connectivity index (χ0) is 24.0. The molecule has 1 aromatic carbocycles. The van der Waals surface area contributed by atoms with Gasteiger partial charge >= 0.3 is 0 Å². The fraction of sp³-hybridized carbons (Fsp3) is 0.667. The molecule has 34 heavy (non-hydrogen) atoms. The lowest BCUT2D eigenvalue weighted by Gasteiger charge is -2.34. The lowest BCUT2D eigenvalue weighted by molar-refractivity contribution is -0.135. The number of benzene rings is 1. The molecule has 0 spiro atoms. The number of aromatic nitrogens is 1. The molecular formula is C27H44ClN3O3. The van der Waals surface area contributed by atoms with Crippen molar-refractivity contribution in [2.24, 2.45) is 17.6 Å². The molecule has 0 radical (unpaired) electrons. The molecule has 2 aromatic rings. The molecule has 7 heteroatoms. The molecule has 1 aromatic heterocycles. The Hall–Kier alpha value is -1.60. The third-order valence-corrected chi connectivity index (χ3v) is 7.48. The molecule has 0 saturated carbocycles. The van der Waals surface area contributed by atoms with Crippen molar-refractivity contribution < 1.29 is 14.6 Å². The first-order valence-electron chi connectivity index (χ1n) is 12.6. The smallest absolute Gasteiger partial charge is 0.222 e. The third kappa shape index (κ3) is 7.20. The number of carbonyl (C=O) groups is 1. The molecule has 4 N–H and O–H groups in total. The number of β-amino-alcohol motifs (C(OH)–C–C–N with tert-alkyl or cyclic N) is 1. The van der Waals surface area contributed by atoms with Crippen molar-refractivity contribution >= 4 is 29.2 Å². The lowest BCUT2D eigenvalue weighted by atomic mass is 9.76. The fourth-order valence-electron chi connectivity index (χ4n) is 5.28. The molecule has 6 nitrogen and oxygen atoms in total. The summed E-state index contributed by atoms with van der Waals surface area (Å²) in [7, 11) is 1.74. The minimum atomic E-state index is -0.694. The molecular weight excluding hydrogens is 450 g/mol. The molecule has 1 saturated heterocycles. The molecule has 192 valence electrons. The van der Waals surface area contributed by atoms with Crippen LogP contribution in [0.2, 0.25) is 0 Å². The van der Waals surface area contributed by atoms with Gasteiger partial charge in [-0.05, 0) is 73.1 Å². The zero-order valence-corrected chi connectivity index (χ0v) is 22.1. The quantitative estimate of drug-likeness (QED) is 0.376. The first-order chi connectivity index (χ1) is 15.8. The van der Waals surface area contributed by atoms with Crippen molar-refractivity contribution in [1.82, 2.24) is 9.88 Å². The van der Waals surface area contributed by atoms with Gasteiger partial charge in [0.1, 0.15) is 0 Å². The van der Waals surface area contributed by atoms with Crippen LogP contribution in [0, 0.1) is 11.8 Å². The number of aliphatic hydroxyl groups is 1. The van der Waals surface area contributed by atoms with E-state index in [1.165, 1.54) is 16.5 Å². The summed E-state index contributed by atoms with van der Waals surface area (Å²) in [5, 5.41) is 12.1. The number of nitrogens with one attached hydrogen (secondary N) is 1. The highest BCUT2D eigenvalue weighted by molar-refractivity contribution is 5.85. The molecule has 0 aliphatic carbocycles. The van der Waals surface area contributed by atoms with E-state index in [9.17, 15) is 9.90 Å². The van der Waals surface area contributed by atoms with Crippen LogP contribution in [0.15, 0.2) is 24.4 Å². The Morgan fingerprint density at radius 3 is 2.68 bits per heavy atom. The van der Waals surface area contributed by atoms with Crippen molar-refractivity contribution in [3.05, 3.63) is 35.5 Å². The van der Waals surface area contributed by atoms with Gasteiger partial charge in [-0.25, -0.2) is 0 Å². The molecule has 1 fully saturated rings. The number of nitrogens with two attached hydrogens (primary N) is 1. The third-order valence-electron chi connectivity index (χ3n) is 7.48. The Morgan fingerprint density at radius 1 is 1.24 bits per heavy atom. The molecule has 4 unspecified atom stereocenters. The van der Waals surface area contributed by atoms with Crippen molar-refractivity contribution in [3.8, 4) is 0 Å². The summed E-state index contributed by atoms with van der Waals surface area (Å²) in [5.41, 5.74) is 10.3. The van der Waals surface area contributed by atoms with Gasteiger partial charge in [-0.3, -0.25) is 4.79 Å². The number of hydrogen-bond donors (Lipinski definition) is 3. The predicted molar refractivity (Wildman–Crippen MR) is 142 cm³/mol. The number of ether oxygens (including phenoxy) is 1. The maximum Gasteiger partial charge on any atom is 0.222 e. The van der Waals surface area contributed by atoms with Crippen LogP contribution in [0.4, 0.5) is 0 Å². The number of likely N-dealkylation sites (tertiary alicyclic amines) is 1. The summed E-state index contributed by atoms with van der Waals surface area (Å²) >= 11 is 0. The highest BCUT2D eigenvalue weighted by atomic mass is 35.5. The first kappa shape index (κ1) is 28.6. The summed E-state index contributed by atoms with van der Waals surface area (Å²) < 4.78 is 5.22. The van der Waals surface area contributed by atoms with Crippen molar-refractivity contribution in [2.45, 2.75) is 77.4 Å². The van der Waals surface area contributed by atoms with E-state index in [4.69, 9.17) is 10.5 Å². The summed E-state index contributed by atoms with van der Waals surface area (Å²) in [6.07, 6.45) is 6.69. The molecule has 2 heterocycles. The largest absolute Gasteiger partial charge is 0.390 e. The van der Waals surface area contributed by atoms with Gasteiger partial charge in [0, 0.05) is 56.4 Å². The normalized spacial score (nSPS) is 18.1. The van der Waals surface area contributed by atoms with E-state index in [0.717, 1.165) is 50.8 Å². The molecule has 4 atom stereocenters. The molecule has 1 aliphatic heterocycles. The minimum absolute atomic E-state index is 0. The topological polar surface area (TPSA) is 91.6 Å². The van der Waals surface area contributed by atoms with E-state index in [2.05, 4.69) is 50.2 Å². The van der Waals surface area contributed by atoms with Gasteiger partial charge in [-0.1, -0.05) is 26.8 Å². The molecule has 1 amide bonds. The number of amides is 1. The Kier molecular flexibility index (Phi) is 11.4. The van der Waals surface area contributed by atoms with Crippen LogP contribution in [0.25, 0.3) is 10.9 Å². The number of methoxy groups -OCH3 is 1. The number of aryl methyl sites for hydroxylation is 1. The van der Waals surface area contributed by atoms with Crippen LogP contribution < -0.4 is 5.73 Å². The standard InChI is InChI=1S/C27H43N3O3.ClH/c1-18(2)22(15-24(28)26(31)17-30-12-6-5-9-27(30)32)19(3)20-10-11-25-23(14-20)21(16-29-25)8-7-13-33-4;/h10-11,14,16,18-19,22,24,26,29,31H,5-9,12-13,15,17,28H2,1-4H3;1H. The van der Waals surface area contributed by atoms with E-state index in [-0.39, 0.29) is 24.4 Å². The Morgan fingerprint density at radius 2 is 2.00 bits per heavy atom. The number of nitrogens with zero attached hydrogens (tertiary/aromatic N) is 1. The van der Waals surface area contributed by atoms with Crippen LogP contribution >= 0.6 is 12.4 Å². The number of fused-ring (bicyclic) bond motifs is 1. The van der Waals surface area contributed by atoms with Gasteiger partial charge in [0.2, 0.25) is 5.91 Å². The number of piperidine rings is 1. The van der Waals surface area contributed by atoms with E-state index in [1.54, 1.807) is 12.0 Å². The Bertz CT molecular complexity index is 900. The number of hydrogen-bond acceptors (Lipinski definition) is 4. The highest BCUT2D eigenvalue weighted by Gasteiger charge is 2.29. The molecule has 3 rings (SSSR count). The van der Waals surface area contributed by atoms with Gasteiger partial charge in [0.15, 0.2) is 0 Å². The number of aromatic amines is 1. The lowest BCUT2D eigenvalue weighted by Crippen LogP contribution is -2.48. The Labute approximate surface area is 211 Å². The molecule has 0 bridgehead atoms. The number of halogens is 1. The van der Waals surface area contributed by atoms with Crippen molar-refractivity contribution in [2.75, 3.05) is 26.8 Å². The summed E-state index contributed by atoms with van der Waals surface area (Å²) in [4.78, 5) is 17.3. The Balaban J connectivity index is 0.00000408. The minimum Gasteiger partial charge on any atom is -0.390 e. The monoisotopic (exact) mass is 493 g/mol. The first-order valence-corrected chi connectivity index (χ1v) is 12.6. The van der Waals surface area contributed by atoms with Crippen LogP contribution in [-0.2, 0) is 16.0 Å². The maximum atomic E-state index is 12.1. The maximum absolute atomic E-state index is 12.1. The summed E-state index contributed by atoms with van der Waals surface area (Å²) in [6, 6.07) is 6.36. The second kappa shape index (κ2) is 13.5. The van der Waals surface area contributed by atoms with E-state index in [1.807, 2.05) is 0 Å². The van der Waals surface area contributed by atoms with Gasteiger partial charge in [-0.2, -0.15) is 0 Å². The van der Waals surface area contributed by atoms with E-state index < -0.39 is 6.10 Å². The summed E-state index contributed by atoms with van der Waals surface area (Å²) in [6.45, 7) is 8.59. The van der Waals surface area contributed by atoms with Gasteiger partial charge in [0.05, 0.1) is 6.10 Å². The number of H-pyrrole nitrogens is 1. The van der Waals surface area contributed by atoms with Crippen LogP contribution in [0.1, 0.15) is 69.9 Å². The fourth-order valence-corrected chi connectivity index (χ4v) is 5.28. The van der Waals surface area contributed by atoms with E-state index >= 15 is 0 Å². The average Bonchev–Trinajstić information content (AvgIpc) is 3.20. The predicted octanol–water partition coefficient (Wildman–Crippen LogP) is 4.64. The van der Waals surface area contributed by atoms with Crippen LogP contribution in [0.3, 0.4) is 0 Å².